The number of aromatic nitrogens is 1. The van der Waals surface area contributed by atoms with Crippen LogP contribution in [-0.2, 0) is 13.1 Å². The monoisotopic (exact) mass is 294 g/mol. The smallest absolute Gasteiger partial charge is 0.338 e. The van der Waals surface area contributed by atoms with Crippen molar-refractivity contribution >= 4 is 16.9 Å². The quantitative estimate of drug-likeness (QED) is 0.776. The molecule has 0 amide bonds. The number of hydrogen-bond donors (Lipinski definition) is 2. The van der Waals surface area contributed by atoms with E-state index in [2.05, 4.69) is 4.57 Å². The highest BCUT2D eigenvalue weighted by atomic mass is 16.4. The largest absolute Gasteiger partial charge is 0.478 e. The van der Waals surface area contributed by atoms with Crippen LogP contribution in [0.3, 0.4) is 0 Å². The maximum Gasteiger partial charge on any atom is 0.338 e. The molecular weight excluding hydrogens is 276 g/mol. The molecule has 0 atom stereocenters. The molecule has 0 saturated heterocycles. The number of carbonyl (C=O) groups is 1. The molecular formula is C18H18N2O2. The summed E-state index contributed by atoms with van der Waals surface area (Å²) in [6.07, 6.45) is 0. The van der Waals surface area contributed by atoms with Crippen molar-refractivity contribution in [1.82, 2.24) is 4.57 Å². The Kier molecular flexibility index (Phi) is 3.69. The van der Waals surface area contributed by atoms with E-state index in [1.165, 1.54) is 0 Å². The van der Waals surface area contributed by atoms with E-state index in [1.807, 2.05) is 55.5 Å². The molecule has 0 spiro atoms. The molecule has 2 aromatic carbocycles. The molecule has 0 fully saturated rings. The van der Waals surface area contributed by atoms with Crippen LogP contribution in [0.5, 0.6) is 0 Å². The van der Waals surface area contributed by atoms with Gasteiger partial charge in [0.05, 0.1) is 5.56 Å². The van der Waals surface area contributed by atoms with Gasteiger partial charge in [0, 0.05) is 29.7 Å². The Morgan fingerprint density at radius 1 is 1.14 bits per heavy atom. The van der Waals surface area contributed by atoms with E-state index in [4.69, 9.17) is 5.73 Å². The number of carboxylic acids is 1. The molecule has 112 valence electrons. The van der Waals surface area contributed by atoms with Crippen LogP contribution in [-0.4, -0.2) is 15.6 Å². The molecule has 3 N–H and O–H groups in total. The number of rotatable bonds is 4. The maximum atomic E-state index is 11.7. The van der Waals surface area contributed by atoms with Crippen LogP contribution in [0.25, 0.3) is 10.9 Å². The number of carboxylic acid groups (broad SMARTS) is 1. The third kappa shape index (κ3) is 2.38. The van der Waals surface area contributed by atoms with Gasteiger partial charge in [-0.15, -0.1) is 0 Å². The van der Waals surface area contributed by atoms with Gasteiger partial charge in [-0.1, -0.05) is 36.4 Å². The third-order valence-electron chi connectivity index (χ3n) is 4.02. The zero-order chi connectivity index (χ0) is 15.7. The molecule has 0 aliphatic rings. The Hall–Kier alpha value is -2.59. The Balaban J connectivity index is 2.21. The topological polar surface area (TPSA) is 68.2 Å². The van der Waals surface area contributed by atoms with Crippen LogP contribution >= 0.6 is 0 Å². The van der Waals surface area contributed by atoms with Crippen LogP contribution in [0, 0.1) is 6.92 Å². The molecule has 0 aliphatic heterocycles. The van der Waals surface area contributed by atoms with E-state index in [0.717, 1.165) is 27.7 Å². The average Bonchev–Trinajstić information content (AvgIpc) is 2.80. The lowest BCUT2D eigenvalue weighted by atomic mass is 10.1. The van der Waals surface area contributed by atoms with Gasteiger partial charge in [-0.25, -0.2) is 4.79 Å². The van der Waals surface area contributed by atoms with Gasteiger partial charge in [0.15, 0.2) is 0 Å². The molecule has 1 heterocycles. The Bertz CT molecular complexity index is 835. The Morgan fingerprint density at radius 2 is 1.86 bits per heavy atom. The lowest BCUT2D eigenvalue weighted by molar-refractivity contribution is 0.0698. The molecule has 0 saturated carbocycles. The summed E-state index contributed by atoms with van der Waals surface area (Å²) in [6, 6.07) is 15.8. The highest BCUT2D eigenvalue weighted by Gasteiger charge is 2.19. The minimum Gasteiger partial charge on any atom is -0.478 e. The van der Waals surface area contributed by atoms with Crippen LogP contribution in [0.2, 0.25) is 0 Å². The van der Waals surface area contributed by atoms with Gasteiger partial charge in [-0.05, 0) is 30.2 Å². The second-order valence-electron chi connectivity index (χ2n) is 5.39. The predicted molar refractivity (Wildman–Crippen MR) is 87.1 cm³/mol. The summed E-state index contributed by atoms with van der Waals surface area (Å²) in [5, 5.41) is 10.3. The molecule has 0 radical (unpaired) electrons. The van der Waals surface area contributed by atoms with E-state index in [0.29, 0.717) is 18.7 Å². The van der Waals surface area contributed by atoms with Crippen molar-refractivity contribution < 1.29 is 9.90 Å². The van der Waals surface area contributed by atoms with Crippen molar-refractivity contribution in [2.24, 2.45) is 5.73 Å². The van der Waals surface area contributed by atoms with Crippen molar-refractivity contribution in [2.45, 2.75) is 20.0 Å². The fraction of sp³-hybridized carbons (Fsp3) is 0.167. The molecule has 22 heavy (non-hydrogen) atoms. The molecule has 0 unspecified atom stereocenters. The Morgan fingerprint density at radius 3 is 2.50 bits per heavy atom. The van der Waals surface area contributed by atoms with Crippen molar-refractivity contribution in [2.75, 3.05) is 0 Å². The van der Waals surface area contributed by atoms with E-state index in [-0.39, 0.29) is 0 Å². The van der Waals surface area contributed by atoms with Crippen LogP contribution < -0.4 is 5.73 Å². The van der Waals surface area contributed by atoms with Crippen LogP contribution in [0.1, 0.15) is 27.2 Å². The van der Waals surface area contributed by atoms with Gasteiger partial charge in [0.25, 0.3) is 0 Å². The standard InChI is InChI=1S/C18H18N2O2/c1-12-17(18(21)22)15-9-14(10-19)7-8-16(15)20(12)11-13-5-3-2-4-6-13/h2-9H,10-11,19H2,1H3,(H,21,22). The van der Waals surface area contributed by atoms with E-state index in [1.54, 1.807) is 0 Å². The summed E-state index contributed by atoms with van der Waals surface area (Å²) >= 11 is 0. The Labute approximate surface area is 128 Å². The lowest BCUT2D eigenvalue weighted by Gasteiger charge is -2.09. The lowest BCUT2D eigenvalue weighted by Crippen LogP contribution is -2.04. The highest BCUT2D eigenvalue weighted by molar-refractivity contribution is 6.05. The van der Waals surface area contributed by atoms with Crippen LogP contribution in [0.4, 0.5) is 0 Å². The van der Waals surface area contributed by atoms with Gasteiger partial charge < -0.3 is 15.4 Å². The minimum atomic E-state index is -0.900. The number of hydrogen-bond acceptors (Lipinski definition) is 2. The third-order valence-corrected chi connectivity index (χ3v) is 4.02. The molecule has 4 heteroatoms. The molecule has 0 aliphatic carbocycles. The zero-order valence-corrected chi connectivity index (χ0v) is 12.4. The first-order chi connectivity index (χ1) is 10.6. The summed E-state index contributed by atoms with van der Waals surface area (Å²) in [6.45, 7) is 2.91. The summed E-state index contributed by atoms with van der Waals surface area (Å²) in [7, 11) is 0. The first-order valence-corrected chi connectivity index (χ1v) is 7.21. The van der Waals surface area contributed by atoms with E-state index < -0.39 is 5.97 Å². The van der Waals surface area contributed by atoms with E-state index in [9.17, 15) is 9.90 Å². The van der Waals surface area contributed by atoms with E-state index >= 15 is 0 Å². The summed E-state index contributed by atoms with van der Waals surface area (Å²) in [5.41, 5.74) is 9.81. The average molecular weight is 294 g/mol. The van der Waals surface area contributed by atoms with Gasteiger partial charge in [0.2, 0.25) is 0 Å². The van der Waals surface area contributed by atoms with Crippen LogP contribution in [0.15, 0.2) is 48.5 Å². The second kappa shape index (κ2) is 5.66. The van der Waals surface area contributed by atoms with Crippen molar-refractivity contribution in [3.8, 4) is 0 Å². The number of nitrogens with two attached hydrogens (primary N) is 1. The fourth-order valence-corrected chi connectivity index (χ4v) is 2.90. The molecule has 1 aromatic heterocycles. The zero-order valence-electron chi connectivity index (χ0n) is 12.4. The number of fused-ring (bicyclic) bond motifs is 1. The number of benzene rings is 2. The van der Waals surface area contributed by atoms with Gasteiger partial charge >= 0.3 is 5.97 Å². The van der Waals surface area contributed by atoms with Crippen molar-refractivity contribution in [1.29, 1.82) is 0 Å². The SMILES string of the molecule is Cc1c(C(=O)O)c2cc(CN)ccc2n1Cc1ccccc1. The normalized spacial score (nSPS) is 11.0. The first kappa shape index (κ1) is 14.4. The molecule has 3 aromatic rings. The second-order valence-corrected chi connectivity index (χ2v) is 5.39. The van der Waals surface area contributed by atoms with Gasteiger partial charge in [-0.2, -0.15) is 0 Å². The number of nitrogens with zero attached hydrogens (tertiary/aromatic N) is 1. The minimum absolute atomic E-state index is 0.362. The van der Waals surface area contributed by atoms with Crippen molar-refractivity contribution in [3.63, 3.8) is 0 Å². The summed E-state index contributed by atoms with van der Waals surface area (Å²) < 4.78 is 2.05. The molecule has 0 bridgehead atoms. The fourth-order valence-electron chi connectivity index (χ4n) is 2.90. The predicted octanol–water partition coefficient (Wildman–Crippen LogP) is 3.15. The van der Waals surface area contributed by atoms with Gasteiger partial charge in [0.1, 0.15) is 0 Å². The summed E-state index contributed by atoms with van der Waals surface area (Å²) in [5.74, 6) is -0.900. The van der Waals surface area contributed by atoms with Crippen molar-refractivity contribution in [3.05, 3.63) is 70.9 Å². The maximum absolute atomic E-state index is 11.7. The van der Waals surface area contributed by atoms with Gasteiger partial charge in [-0.3, -0.25) is 0 Å². The highest BCUT2D eigenvalue weighted by Crippen LogP contribution is 2.28. The summed E-state index contributed by atoms with van der Waals surface area (Å²) in [4.78, 5) is 11.7. The number of aromatic carboxylic acids is 1. The molecule has 4 nitrogen and oxygen atoms in total. The first-order valence-electron chi connectivity index (χ1n) is 7.21. The molecule has 3 rings (SSSR count).